The number of benzene rings is 1. The molecule has 1 unspecified atom stereocenters. The maximum Gasteiger partial charge on any atom is 0.165 e. The van der Waals surface area contributed by atoms with E-state index in [0.717, 1.165) is 6.42 Å². The fourth-order valence-corrected chi connectivity index (χ4v) is 2.59. The molecule has 6 heteroatoms. The Labute approximate surface area is 126 Å². The van der Waals surface area contributed by atoms with E-state index in [1.165, 1.54) is 6.07 Å². The van der Waals surface area contributed by atoms with Crippen LogP contribution in [0.15, 0.2) is 18.2 Å². The Kier molecular flexibility index (Phi) is 6.61. The lowest BCUT2D eigenvalue weighted by molar-refractivity contribution is 0.317. The minimum Gasteiger partial charge on any atom is -0.489 e. The molecule has 1 aromatic rings. The first-order valence-corrected chi connectivity index (χ1v) is 8.86. The van der Waals surface area contributed by atoms with Crippen LogP contribution < -0.4 is 10.5 Å². The molecule has 4 nitrogen and oxygen atoms in total. The molecule has 0 aliphatic rings. The van der Waals surface area contributed by atoms with Gasteiger partial charge in [0.15, 0.2) is 21.4 Å². The van der Waals surface area contributed by atoms with Crippen molar-refractivity contribution < 1.29 is 17.5 Å². The van der Waals surface area contributed by atoms with Crippen LogP contribution in [0.2, 0.25) is 0 Å². The Balaban J connectivity index is 2.78. The van der Waals surface area contributed by atoms with Crippen LogP contribution >= 0.6 is 0 Å². The second-order valence-electron chi connectivity index (χ2n) is 5.36. The average Bonchev–Trinajstić information content (AvgIpc) is 2.41. The van der Waals surface area contributed by atoms with Crippen molar-refractivity contribution in [3.63, 3.8) is 0 Å². The molecule has 0 heterocycles. The Morgan fingerprint density at radius 1 is 1.33 bits per heavy atom. The molecular formula is C15H24FNO3S. The van der Waals surface area contributed by atoms with Crippen LogP contribution in [0, 0.1) is 5.82 Å². The van der Waals surface area contributed by atoms with Gasteiger partial charge in [-0.15, -0.1) is 0 Å². The van der Waals surface area contributed by atoms with Crippen LogP contribution in [-0.2, 0) is 16.3 Å². The van der Waals surface area contributed by atoms with Crippen molar-refractivity contribution in [1.82, 2.24) is 0 Å². The molecular weight excluding hydrogens is 293 g/mol. The van der Waals surface area contributed by atoms with Gasteiger partial charge in [0.1, 0.15) is 6.61 Å². The number of sulfone groups is 1. The molecule has 0 spiro atoms. The second kappa shape index (κ2) is 7.75. The molecule has 21 heavy (non-hydrogen) atoms. The number of nitrogens with two attached hydrogens (primary N) is 1. The third-order valence-corrected chi connectivity index (χ3v) is 5.56. The zero-order chi connectivity index (χ0) is 16.0. The number of ether oxygens (including phenoxy) is 1. The summed E-state index contributed by atoms with van der Waals surface area (Å²) in [5, 5.41) is -0.463. The van der Waals surface area contributed by atoms with Gasteiger partial charge in [-0.2, -0.15) is 0 Å². The molecule has 0 aliphatic heterocycles. The van der Waals surface area contributed by atoms with Gasteiger partial charge in [0.05, 0.1) is 11.0 Å². The summed E-state index contributed by atoms with van der Waals surface area (Å²) >= 11 is 0. The van der Waals surface area contributed by atoms with E-state index >= 15 is 0 Å². The van der Waals surface area contributed by atoms with Gasteiger partial charge in [0.25, 0.3) is 0 Å². The first kappa shape index (κ1) is 17.9. The minimum atomic E-state index is -3.19. The summed E-state index contributed by atoms with van der Waals surface area (Å²) in [6.45, 7) is 5.13. The fourth-order valence-electron chi connectivity index (χ4n) is 1.80. The van der Waals surface area contributed by atoms with Crippen LogP contribution in [-0.4, -0.2) is 32.1 Å². The summed E-state index contributed by atoms with van der Waals surface area (Å²) < 4.78 is 42.7. The standard InChI is InChI=1S/C15H24FNO3S/c1-4-13(17)10-12-6-5-7-14(16)15(12)20-8-9-21(18,19)11(2)3/h5-7,11,13H,4,8-10,17H2,1-3H3. The molecule has 1 rings (SSSR count). The molecule has 0 bridgehead atoms. The van der Waals surface area contributed by atoms with E-state index in [4.69, 9.17) is 10.5 Å². The van der Waals surface area contributed by atoms with Gasteiger partial charge in [-0.25, -0.2) is 12.8 Å². The van der Waals surface area contributed by atoms with Crippen LogP contribution in [0.5, 0.6) is 5.75 Å². The molecule has 0 saturated heterocycles. The quantitative estimate of drug-likeness (QED) is 0.799. The summed E-state index contributed by atoms with van der Waals surface area (Å²) in [7, 11) is -3.19. The predicted octanol–water partition coefficient (Wildman–Crippen LogP) is 2.31. The van der Waals surface area contributed by atoms with Crippen molar-refractivity contribution in [3.8, 4) is 5.75 Å². The minimum absolute atomic E-state index is 0.0597. The first-order chi connectivity index (χ1) is 9.77. The number of hydrogen-bond acceptors (Lipinski definition) is 4. The van der Waals surface area contributed by atoms with Crippen molar-refractivity contribution >= 4 is 9.84 Å². The molecule has 0 aliphatic carbocycles. The highest BCUT2D eigenvalue weighted by atomic mass is 32.2. The van der Waals surface area contributed by atoms with Crippen molar-refractivity contribution in [1.29, 1.82) is 0 Å². The number of rotatable bonds is 8. The molecule has 0 saturated carbocycles. The van der Waals surface area contributed by atoms with Gasteiger partial charge in [0, 0.05) is 6.04 Å². The predicted molar refractivity (Wildman–Crippen MR) is 82.8 cm³/mol. The first-order valence-electron chi connectivity index (χ1n) is 7.15. The number of hydrogen-bond donors (Lipinski definition) is 1. The van der Waals surface area contributed by atoms with Crippen molar-refractivity contribution in [2.45, 2.75) is 44.9 Å². The van der Waals surface area contributed by atoms with Gasteiger partial charge < -0.3 is 10.5 Å². The topological polar surface area (TPSA) is 69.4 Å². The van der Waals surface area contributed by atoms with Gasteiger partial charge in [-0.3, -0.25) is 0 Å². The van der Waals surface area contributed by atoms with E-state index in [1.807, 2.05) is 6.92 Å². The van der Waals surface area contributed by atoms with Crippen LogP contribution in [0.25, 0.3) is 0 Å². The number of halogens is 1. The summed E-state index contributed by atoms with van der Waals surface area (Å²) in [5.74, 6) is -0.503. The van der Waals surface area contributed by atoms with Crippen molar-refractivity contribution in [2.24, 2.45) is 5.73 Å². The van der Waals surface area contributed by atoms with Crippen LogP contribution in [0.3, 0.4) is 0 Å². The Morgan fingerprint density at radius 2 is 2.00 bits per heavy atom. The molecule has 0 fully saturated rings. The summed E-state index contributed by atoms with van der Waals surface area (Å²) in [5.41, 5.74) is 6.56. The Hall–Kier alpha value is -1.14. The van der Waals surface area contributed by atoms with E-state index in [1.54, 1.807) is 26.0 Å². The smallest absolute Gasteiger partial charge is 0.165 e. The van der Waals surface area contributed by atoms with E-state index < -0.39 is 20.9 Å². The molecule has 1 aromatic carbocycles. The van der Waals surface area contributed by atoms with Crippen molar-refractivity contribution in [3.05, 3.63) is 29.6 Å². The highest BCUT2D eigenvalue weighted by molar-refractivity contribution is 7.91. The average molecular weight is 317 g/mol. The van der Waals surface area contributed by atoms with Crippen LogP contribution in [0.4, 0.5) is 4.39 Å². The largest absolute Gasteiger partial charge is 0.489 e. The Morgan fingerprint density at radius 3 is 2.57 bits per heavy atom. The van der Waals surface area contributed by atoms with Crippen molar-refractivity contribution in [2.75, 3.05) is 12.4 Å². The van der Waals surface area contributed by atoms with E-state index in [0.29, 0.717) is 12.0 Å². The van der Waals surface area contributed by atoms with Gasteiger partial charge in [-0.1, -0.05) is 19.1 Å². The Bertz CT molecular complexity index is 558. The molecule has 0 amide bonds. The lowest BCUT2D eigenvalue weighted by Gasteiger charge is -2.15. The second-order valence-corrected chi connectivity index (χ2v) is 8.04. The highest BCUT2D eigenvalue weighted by Gasteiger charge is 2.18. The maximum atomic E-state index is 13.9. The van der Waals surface area contributed by atoms with Gasteiger partial charge in [0.2, 0.25) is 0 Å². The normalized spacial score (nSPS) is 13.4. The highest BCUT2D eigenvalue weighted by Crippen LogP contribution is 2.24. The number of para-hydroxylation sites is 1. The third kappa shape index (κ3) is 5.28. The molecule has 0 aromatic heterocycles. The lowest BCUT2D eigenvalue weighted by Crippen LogP contribution is -2.24. The van der Waals surface area contributed by atoms with E-state index in [9.17, 15) is 12.8 Å². The molecule has 0 radical (unpaired) electrons. The maximum absolute atomic E-state index is 13.9. The molecule has 2 N–H and O–H groups in total. The molecule has 1 atom stereocenters. The van der Waals surface area contributed by atoms with Gasteiger partial charge in [-0.05, 0) is 38.3 Å². The van der Waals surface area contributed by atoms with E-state index in [-0.39, 0.29) is 24.2 Å². The van der Waals surface area contributed by atoms with Gasteiger partial charge >= 0.3 is 0 Å². The zero-order valence-electron chi connectivity index (χ0n) is 12.8. The monoisotopic (exact) mass is 317 g/mol. The SMILES string of the molecule is CCC(N)Cc1cccc(F)c1OCCS(=O)(=O)C(C)C. The van der Waals surface area contributed by atoms with E-state index in [2.05, 4.69) is 0 Å². The van der Waals surface area contributed by atoms with Crippen LogP contribution in [0.1, 0.15) is 32.8 Å². The fraction of sp³-hybridized carbons (Fsp3) is 0.600. The summed E-state index contributed by atoms with van der Waals surface area (Å²) in [4.78, 5) is 0. The zero-order valence-corrected chi connectivity index (χ0v) is 13.6. The molecule has 120 valence electrons. The third-order valence-electron chi connectivity index (χ3n) is 3.39. The summed E-state index contributed by atoms with van der Waals surface area (Å²) in [6.07, 6.45) is 1.28. The summed E-state index contributed by atoms with van der Waals surface area (Å²) in [6, 6.07) is 4.58. The lowest BCUT2D eigenvalue weighted by atomic mass is 10.0.